The number of nitrogens with zero attached hydrogens (tertiary/aromatic N) is 3. The van der Waals surface area contributed by atoms with Gasteiger partial charge in [0.05, 0.1) is 24.2 Å². The Morgan fingerprint density at radius 1 is 1.21 bits per heavy atom. The van der Waals surface area contributed by atoms with Gasteiger partial charge in [-0.2, -0.15) is 5.26 Å². The minimum absolute atomic E-state index is 0.00625. The van der Waals surface area contributed by atoms with E-state index in [-0.39, 0.29) is 17.7 Å². The van der Waals surface area contributed by atoms with Crippen molar-refractivity contribution in [3.8, 4) is 6.07 Å². The number of hydrogen-bond acceptors (Lipinski definition) is 5. The first kappa shape index (κ1) is 23.2. The summed E-state index contributed by atoms with van der Waals surface area (Å²) in [5.74, 6) is -0.0743. The Bertz CT molecular complexity index is 1080. The average molecular weight is 467 g/mol. The Morgan fingerprint density at radius 2 is 2.00 bits per heavy atom. The molecule has 0 radical (unpaired) electrons. The summed E-state index contributed by atoms with van der Waals surface area (Å²) in [5, 5.41) is 12.6. The molecule has 2 aromatic carbocycles. The summed E-state index contributed by atoms with van der Waals surface area (Å²) >= 11 is 6.38. The van der Waals surface area contributed by atoms with Crippen LogP contribution in [0.1, 0.15) is 33.5 Å². The molecule has 1 N–H and O–H groups in total. The number of halogens is 1. The summed E-state index contributed by atoms with van der Waals surface area (Å²) < 4.78 is 5.36. The van der Waals surface area contributed by atoms with Crippen molar-refractivity contribution in [2.75, 3.05) is 44.7 Å². The highest BCUT2D eigenvalue weighted by molar-refractivity contribution is 6.31. The molecule has 2 amide bonds. The lowest BCUT2D eigenvalue weighted by molar-refractivity contribution is -0.137. The largest absolute Gasteiger partial charge is 0.381 e. The van der Waals surface area contributed by atoms with Gasteiger partial charge in [-0.15, -0.1) is 0 Å². The Hall–Kier alpha value is -2.92. The number of amides is 2. The molecular weight excluding hydrogens is 440 g/mol. The fraction of sp³-hybridized carbons (Fsp3) is 0.400. The molecule has 2 fully saturated rings. The molecule has 8 heteroatoms. The van der Waals surface area contributed by atoms with E-state index in [1.807, 2.05) is 24.0 Å². The van der Waals surface area contributed by atoms with Crippen molar-refractivity contribution in [1.82, 2.24) is 9.80 Å². The van der Waals surface area contributed by atoms with Crippen molar-refractivity contribution in [1.29, 1.82) is 5.26 Å². The lowest BCUT2D eigenvalue weighted by Gasteiger charge is -2.36. The molecule has 0 saturated carbocycles. The number of piperazine rings is 1. The highest BCUT2D eigenvalue weighted by Gasteiger charge is 2.30. The molecule has 0 aliphatic carbocycles. The molecule has 1 atom stereocenters. The molecule has 0 aromatic heterocycles. The third-order valence-electron chi connectivity index (χ3n) is 6.34. The second-order valence-electron chi connectivity index (χ2n) is 8.55. The fourth-order valence-corrected chi connectivity index (χ4v) is 4.55. The van der Waals surface area contributed by atoms with Crippen molar-refractivity contribution >= 4 is 29.1 Å². The van der Waals surface area contributed by atoms with E-state index in [4.69, 9.17) is 21.6 Å². The van der Waals surface area contributed by atoms with Gasteiger partial charge in [-0.3, -0.25) is 14.5 Å². The van der Waals surface area contributed by atoms with E-state index < -0.39 is 0 Å². The van der Waals surface area contributed by atoms with Gasteiger partial charge < -0.3 is 15.0 Å². The van der Waals surface area contributed by atoms with Gasteiger partial charge in [-0.1, -0.05) is 17.7 Å². The first-order valence-electron chi connectivity index (χ1n) is 11.1. The zero-order valence-corrected chi connectivity index (χ0v) is 19.4. The van der Waals surface area contributed by atoms with Crippen molar-refractivity contribution in [2.45, 2.75) is 19.9 Å². The summed E-state index contributed by atoms with van der Waals surface area (Å²) in [6, 6.07) is 12.3. The number of carbonyl (C=O) groups excluding carboxylic acids is 2. The Labute approximate surface area is 198 Å². The van der Waals surface area contributed by atoms with E-state index >= 15 is 0 Å². The number of rotatable bonds is 5. The molecule has 2 aliphatic rings. The van der Waals surface area contributed by atoms with Gasteiger partial charge in [0.2, 0.25) is 5.91 Å². The minimum Gasteiger partial charge on any atom is -0.381 e. The molecule has 2 saturated heterocycles. The molecule has 1 unspecified atom stereocenters. The van der Waals surface area contributed by atoms with Gasteiger partial charge in [0.15, 0.2) is 0 Å². The summed E-state index contributed by atoms with van der Waals surface area (Å²) in [4.78, 5) is 29.6. The SMILES string of the molecule is Cc1c(CN2CCN(C(=O)C3CCOC3)CC2)cc(Cl)cc1NC(=O)c1cccc(C#N)c1. The van der Waals surface area contributed by atoms with E-state index in [2.05, 4.69) is 10.2 Å². The topological polar surface area (TPSA) is 85.7 Å². The van der Waals surface area contributed by atoms with E-state index in [0.29, 0.717) is 54.7 Å². The van der Waals surface area contributed by atoms with Crippen LogP contribution in [0.25, 0.3) is 0 Å². The molecule has 4 rings (SSSR count). The standard InChI is InChI=1S/C25H27ClN4O3/c1-17-21(15-29-6-8-30(9-7-29)25(32)20-5-10-33-16-20)12-22(26)13-23(17)28-24(31)19-4-2-3-18(11-19)14-27/h2-4,11-13,20H,5-10,15-16H2,1H3,(H,28,31). The van der Waals surface area contributed by atoms with Gasteiger partial charge >= 0.3 is 0 Å². The van der Waals surface area contributed by atoms with Crippen LogP contribution in [0, 0.1) is 24.2 Å². The number of hydrogen-bond donors (Lipinski definition) is 1. The van der Waals surface area contributed by atoms with Crippen LogP contribution in [-0.2, 0) is 16.1 Å². The number of nitrogens with one attached hydrogen (secondary N) is 1. The van der Waals surface area contributed by atoms with Crippen LogP contribution in [0.4, 0.5) is 5.69 Å². The van der Waals surface area contributed by atoms with Crippen LogP contribution < -0.4 is 5.32 Å². The zero-order valence-electron chi connectivity index (χ0n) is 18.6. The van der Waals surface area contributed by atoms with Gasteiger partial charge in [0.1, 0.15) is 0 Å². The van der Waals surface area contributed by atoms with Gasteiger partial charge in [-0.25, -0.2) is 0 Å². The van der Waals surface area contributed by atoms with E-state index in [1.165, 1.54) is 0 Å². The maximum Gasteiger partial charge on any atom is 0.255 e. The molecular formula is C25H27ClN4O3. The maximum absolute atomic E-state index is 12.7. The number of benzene rings is 2. The fourth-order valence-electron chi connectivity index (χ4n) is 4.31. The second kappa shape index (κ2) is 10.3. The second-order valence-corrected chi connectivity index (χ2v) is 8.98. The third kappa shape index (κ3) is 5.53. The smallest absolute Gasteiger partial charge is 0.255 e. The van der Waals surface area contributed by atoms with Crippen LogP contribution in [0.15, 0.2) is 36.4 Å². The molecule has 33 heavy (non-hydrogen) atoms. The average Bonchev–Trinajstić information content (AvgIpc) is 3.37. The third-order valence-corrected chi connectivity index (χ3v) is 6.56. The summed E-state index contributed by atoms with van der Waals surface area (Å²) in [5.41, 5.74) is 3.49. The van der Waals surface area contributed by atoms with Crippen molar-refractivity contribution in [3.63, 3.8) is 0 Å². The zero-order chi connectivity index (χ0) is 23.4. The van der Waals surface area contributed by atoms with Crippen LogP contribution >= 0.6 is 11.6 Å². The molecule has 2 aromatic rings. The summed E-state index contributed by atoms with van der Waals surface area (Å²) in [7, 11) is 0. The normalized spacial score (nSPS) is 18.7. The van der Waals surface area contributed by atoms with Crippen LogP contribution in [0.2, 0.25) is 5.02 Å². The van der Waals surface area contributed by atoms with Crippen LogP contribution in [0.3, 0.4) is 0 Å². The van der Waals surface area contributed by atoms with Crippen LogP contribution in [-0.4, -0.2) is 61.0 Å². The number of ether oxygens (including phenoxy) is 1. The van der Waals surface area contributed by atoms with E-state index in [0.717, 1.165) is 30.6 Å². The van der Waals surface area contributed by atoms with E-state index in [9.17, 15) is 9.59 Å². The highest BCUT2D eigenvalue weighted by atomic mass is 35.5. The lowest BCUT2D eigenvalue weighted by Crippen LogP contribution is -2.50. The van der Waals surface area contributed by atoms with E-state index in [1.54, 1.807) is 30.3 Å². The predicted molar refractivity (Wildman–Crippen MR) is 126 cm³/mol. The Morgan fingerprint density at radius 3 is 2.70 bits per heavy atom. The Balaban J connectivity index is 1.40. The number of carbonyl (C=O) groups is 2. The highest BCUT2D eigenvalue weighted by Crippen LogP contribution is 2.27. The first-order chi connectivity index (χ1) is 15.9. The quantitative estimate of drug-likeness (QED) is 0.729. The molecule has 0 bridgehead atoms. The number of anilines is 1. The van der Waals surface area contributed by atoms with Crippen LogP contribution in [0.5, 0.6) is 0 Å². The van der Waals surface area contributed by atoms with Crippen molar-refractivity contribution < 1.29 is 14.3 Å². The predicted octanol–water partition coefficient (Wildman–Crippen LogP) is 3.45. The lowest BCUT2D eigenvalue weighted by atomic mass is 10.0. The monoisotopic (exact) mass is 466 g/mol. The maximum atomic E-state index is 12.7. The first-order valence-corrected chi connectivity index (χ1v) is 11.5. The van der Waals surface area contributed by atoms with Gasteiger partial charge in [-0.05, 0) is 54.8 Å². The summed E-state index contributed by atoms with van der Waals surface area (Å²) in [6.07, 6.45) is 0.816. The molecule has 0 spiro atoms. The minimum atomic E-state index is -0.286. The van der Waals surface area contributed by atoms with Crippen molar-refractivity contribution in [2.24, 2.45) is 5.92 Å². The van der Waals surface area contributed by atoms with Gasteiger partial charge in [0, 0.05) is 55.6 Å². The molecule has 2 heterocycles. The number of nitriles is 1. The molecule has 2 aliphatic heterocycles. The van der Waals surface area contributed by atoms with Crippen molar-refractivity contribution in [3.05, 3.63) is 63.7 Å². The Kier molecular flexibility index (Phi) is 7.29. The van der Waals surface area contributed by atoms with Gasteiger partial charge in [0.25, 0.3) is 5.91 Å². The molecule has 172 valence electrons. The summed E-state index contributed by atoms with van der Waals surface area (Å²) in [6.45, 7) is 6.84. The molecule has 7 nitrogen and oxygen atoms in total.